The lowest BCUT2D eigenvalue weighted by Gasteiger charge is -2.27. The van der Waals surface area contributed by atoms with Crippen LogP contribution in [0.4, 0.5) is 11.6 Å². The number of amides is 1. The number of aryl methyl sites for hydroxylation is 1. The van der Waals surface area contributed by atoms with Crippen molar-refractivity contribution >= 4 is 17.5 Å². The number of rotatable bonds is 4. The van der Waals surface area contributed by atoms with E-state index in [1.54, 1.807) is 17.2 Å². The maximum Gasteiger partial charge on any atom is 0.272 e. The number of carbonyl (C=O) groups excluding carboxylic acids is 1. The lowest BCUT2D eigenvalue weighted by molar-refractivity contribution is 0.0299. The molecule has 1 fully saturated rings. The summed E-state index contributed by atoms with van der Waals surface area (Å²) in [6, 6.07) is 9.84. The number of carbonyl (C=O) groups is 1. The van der Waals surface area contributed by atoms with Crippen molar-refractivity contribution in [1.29, 1.82) is 0 Å². The average molecular weight is 326 g/mol. The van der Waals surface area contributed by atoms with Crippen LogP contribution in [0.5, 0.6) is 0 Å². The minimum absolute atomic E-state index is 0.0674. The molecule has 1 aliphatic rings. The van der Waals surface area contributed by atoms with Crippen LogP contribution in [0, 0.1) is 6.92 Å². The smallest absolute Gasteiger partial charge is 0.272 e. The predicted molar refractivity (Wildman–Crippen MR) is 92.6 cm³/mol. The highest BCUT2D eigenvalue weighted by atomic mass is 16.5. The number of hydrogen-bond acceptors (Lipinski definition) is 5. The van der Waals surface area contributed by atoms with E-state index in [-0.39, 0.29) is 5.91 Å². The molecule has 6 nitrogen and oxygen atoms in total. The van der Waals surface area contributed by atoms with Crippen LogP contribution in [0.3, 0.4) is 0 Å². The largest absolute Gasteiger partial charge is 0.378 e. The van der Waals surface area contributed by atoms with Gasteiger partial charge in [-0.25, -0.2) is 9.97 Å². The zero-order chi connectivity index (χ0) is 16.9. The Kier molecular flexibility index (Phi) is 5.05. The average Bonchev–Trinajstić information content (AvgIpc) is 2.63. The zero-order valence-corrected chi connectivity index (χ0v) is 14.1. The topological polar surface area (TPSA) is 58.6 Å². The molecule has 0 spiro atoms. The van der Waals surface area contributed by atoms with Gasteiger partial charge in [0, 0.05) is 31.5 Å². The molecule has 0 aliphatic carbocycles. The molecule has 0 unspecified atom stereocenters. The van der Waals surface area contributed by atoms with Crippen molar-refractivity contribution in [2.45, 2.75) is 13.8 Å². The summed E-state index contributed by atoms with van der Waals surface area (Å²) in [5.74, 6) is 0.476. The fraction of sp³-hybridized carbons (Fsp3) is 0.389. The van der Waals surface area contributed by atoms with Gasteiger partial charge in [-0.1, -0.05) is 12.1 Å². The van der Waals surface area contributed by atoms with E-state index in [0.29, 0.717) is 37.9 Å². The number of morpholine rings is 1. The molecule has 0 atom stereocenters. The van der Waals surface area contributed by atoms with E-state index in [4.69, 9.17) is 4.74 Å². The molecule has 24 heavy (non-hydrogen) atoms. The van der Waals surface area contributed by atoms with Crippen LogP contribution in [-0.2, 0) is 4.74 Å². The molecule has 1 amide bonds. The molecule has 2 heterocycles. The Morgan fingerprint density at radius 1 is 1.29 bits per heavy atom. The van der Waals surface area contributed by atoms with Gasteiger partial charge in [-0.05, 0) is 37.6 Å². The summed E-state index contributed by atoms with van der Waals surface area (Å²) in [7, 11) is 0. The first kappa shape index (κ1) is 16.4. The van der Waals surface area contributed by atoms with Crippen LogP contribution in [0.15, 0.2) is 36.5 Å². The second-order valence-electron chi connectivity index (χ2n) is 5.73. The lowest BCUT2D eigenvalue weighted by Crippen LogP contribution is -2.41. The summed E-state index contributed by atoms with van der Waals surface area (Å²) < 4.78 is 5.30. The maximum atomic E-state index is 12.6. The Labute approximate surface area is 142 Å². The Hall–Kier alpha value is -2.47. The van der Waals surface area contributed by atoms with Crippen molar-refractivity contribution in [1.82, 2.24) is 14.9 Å². The molecule has 6 heteroatoms. The van der Waals surface area contributed by atoms with Gasteiger partial charge < -0.3 is 14.5 Å². The van der Waals surface area contributed by atoms with Gasteiger partial charge in [-0.2, -0.15) is 0 Å². The van der Waals surface area contributed by atoms with Gasteiger partial charge in [0.2, 0.25) is 5.95 Å². The van der Waals surface area contributed by atoms with Gasteiger partial charge in [0.25, 0.3) is 5.91 Å². The van der Waals surface area contributed by atoms with Gasteiger partial charge in [0.05, 0.1) is 13.2 Å². The van der Waals surface area contributed by atoms with Gasteiger partial charge >= 0.3 is 0 Å². The van der Waals surface area contributed by atoms with Crippen molar-refractivity contribution in [3.05, 3.63) is 47.8 Å². The molecule has 1 aromatic heterocycles. The SMILES string of the molecule is CCN(c1cccc(C)c1)c1nccc(C(=O)N2CCOCC2)n1. The fourth-order valence-electron chi connectivity index (χ4n) is 2.76. The molecule has 126 valence electrons. The molecule has 1 aromatic carbocycles. The molecular formula is C18H22N4O2. The van der Waals surface area contributed by atoms with Crippen LogP contribution in [0.2, 0.25) is 0 Å². The fourth-order valence-corrected chi connectivity index (χ4v) is 2.76. The first-order chi connectivity index (χ1) is 11.7. The van der Waals surface area contributed by atoms with E-state index in [1.165, 1.54) is 5.56 Å². The Balaban J connectivity index is 1.87. The number of nitrogens with zero attached hydrogens (tertiary/aromatic N) is 4. The van der Waals surface area contributed by atoms with E-state index < -0.39 is 0 Å². The van der Waals surface area contributed by atoms with Crippen molar-refractivity contribution in [2.24, 2.45) is 0 Å². The van der Waals surface area contributed by atoms with Gasteiger partial charge in [-0.15, -0.1) is 0 Å². The molecular weight excluding hydrogens is 304 g/mol. The summed E-state index contributed by atoms with van der Waals surface area (Å²) >= 11 is 0. The predicted octanol–water partition coefficient (Wildman–Crippen LogP) is 2.42. The highest BCUT2D eigenvalue weighted by molar-refractivity contribution is 5.92. The van der Waals surface area contributed by atoms with E-state index in [0.717, 1.165) is 12.2 Å². The van der Waals surface area contributed by atoms with E-state index in [9.17, 15) is 4.79 Å². The highest BCUT2D eigenvalue weighted by Gasteiger charge is 2.21. The highest BCUT2D eigenvalue weighted by Crippen LogP contribution is 2.22. The first-order valence-corrected chi connectivity index (χ1v) is 8.23. The standard InChI is InChI=1S/C18H22N4O2/c1-3-22(15-6-4-5-14(2)13-15)18-19-8-7-16(20-18)17(23)21-9-11-24-12-10-21/h4-8,13H,3,9-12H2,1-2H3. The molecule has 1 aliphatic heterocycles. The minimum Gasteiger partial charge on any atom is -0.378 e. The second-order valence-corrected chi connectivity index (χ2v) is 5.73. The van der Waals surface area contributed by atoms with Crippen LogP contribution in [-0.4, -0.2) is 53.6 Å². The summed E-state index contributed by atoms with van der Waals surface area (Å²) in [6.45, 7) is 7.18. The van der Waals surface area contributed by atoms with Crippen molar-refractivity contribution in [3.8, 4) is 0 Å². The van der Waals surface area contributed by atoms with E-state index in [1.807, 2.05) is 24.0 Å². The summed E-state index contributed by atoms with van der Waals surface area (Å²) in [5, 5.41) is 0. The quantitative estimate of drug-likeness (QED) is 0.863. The number of benzene rings is 1. The number of ether oxygens (including phenoxy) is 1. The van der Waals surface area contributed by atoms with E-state index >= 15 is 0 Å². The molecule has 0 N–H and O–H groups in total. The number of aromatic nitrogens is 2. The number of hydrogen-bond donors (Lipinski definition) is 0. The molecule has 0 bridgehead atoms. The van der Waals surface area contributed by atoms with Crippen LogP contribution in [0.25, 0.3) is 0 Å². The third kappa shape index (κ3) is 3.54. The molecule has 3 rings (SSSR count). The van der Waals surface area contributed by atoms with Gasteiger partial charge in [0.1, 0.15) is 5.69 Å². The Morgan fingerprint density at radius 3 is 2.79 bits per heavy atom. The van der Waals surface area contributed by atoms with Gasteiger partial charge in [0.15, 0.2) is 0 Å². The second kappa shape index (κ2) is 7.40. The monoisotopic (exact) mass is 326 g/mol. The molecule has 1 saturated heterocycles. The molecule has 2 aromatic rings. The third-order valence-corrected chi connectivity index (χ3v) is 4.03. The molecule has 0 radical (unpaired) electrons. The first-order valence-electron chi connectivity index (χ1n) is 8.23. The van der Waals surface area contributed by atoms with Crippen molar-refractivity contribution in [2.75, 3.05) is 37.7 Å². The summed E-state index contributed by atoms with van der Waals surface area (Å²) in [4.78, 5) is 25.3. The van der Waals surface area contributed by atoms with Crippen molar-refractivity contribution < 1.29 is 9.53 Å². The van der Waals surface area contributed by atoms with Gasteiger partial charge in [-0.3, -0.25) is 4.79 Å². The number of anilines is 2. The lowest BCUT2D eigenvalue weighted by atomic mass is 10.2. The zero-order valence-electron chi connectivity index (χ0n) is 14.1. The third-order valence-electron chi connectivity index (χ3n) is 4.03. The Bertz CT molecular complexity index is 714. The Morgan fingerprint density at radius 2 is 2.08 bits per heavy atom. The van der Waals surface area contributed by atoms with Crippen LogP contribution < -0.4 is 4.90 Å². The summed E-state index contributed by atoms with van der Waals surface area (Å²) in [5.41, 5.74) is 2.62. The minimum atomic E-state index is -0.0674. The summed E-state index contributed by atoms with van der Waals surface area (Å²) in [6.07, 6.45) is 1.65. The van der Waals surface area contributed by atoms with Crippen LogP contribution in [0.1, 0.15) is 23.0 Å². The molecule has 0 saturated carbocycles. The van der Waals surface area contributed by atoms with Crippen molar-refractivity contribution in [3.63, 3.8) is 0 Å². The van der Waals surface area contributed by atoms with E-state index in [2.05, 4.69) is 29.0 Å². The maximum absolute atomic E-state index is 12.6. The van der Waals surface area contributed by atoms with Crippen LogP contribution >= 0.6 is 0 Å². The normalized spacial score (nSPS) is 14.5.